The van der Waals surface area contributed by atoms with Crippen molar-refractivity contribution in [3.63, 3.8) is 0 Å². The molecule has 0 aliphatic carbocycles. The van der Waals surface area contributed by atoms with Gasteiger partial charge in [-0.25, -0.2) is 0 Å². The lowest BCUT2D eigenvalue weighted by Gasteiger charge is -2.26. The van der Waals surface area contributed by atoms with E-state index < -0.39 is 0 Å². The maximum atomic E-state index is 2.44. The molecule has 0 saturated carbocycles. The van der Waals surface area contributed by atoms with Crippen LogP contribution in [0.15, 0.2) is 0 Å². The van der Waals surface area contributed by atoms with Crippen molar-refractivity contribution >= 4 is 0 Å². The lowest BCUT2D eigenvalue weighted by molar-refractivity contribution is 0.152. The Morgan fingerprint density at radius 2 is 0.571 bits per heavy atom. The van der Waals surface area contributed by atoms with E-state index in [9.17, 15) is 0 Å². The summed E-state index contributed by atoms with van der Waals surface area (Å²) in [5, 5.41) is 0. The largest absolute Gasteiger partial charge is 0.304 e. The molecule has 0 aromatic carbocycles. The van der Waals surface area contributed by atoms with Crippen LogP contribution in [0.1, 0.15) is 68.7 Å². The molecule has 0 heterocycles. The van der Waals surface area contributed by atoms with E-state index in [0.717, 1.165) is 32.8 Å². The highest BCUT2D eigenvalue weighted by atomic mass is 15.3. The quantitative estimate of drug-likeness (QED) is 0.585. The van der Waals surface area contributed by atoms with E-state index in [-0.39, 0.29) is 0 Å². The summed E-state index contributed by atoms with van der Waals surface area (Å²) in [4.78, 5) is 7.25. The number of nitrogens with zero attached hydrogens (tertiary/aromatic N) is 3. The monoisotopic (exact) mass is 303 g/mol. The van der Waals surface area contributed by atoms with Crippen LogP contribution in [0, 0.1) is 0 Å². The Labute approximate surface area is 136 Å². The molecule has 3 heteroatoms. The summed E-state index contributed by atoms with van der Waals surface area (Å²) in [6.07, 6.45) is 1.25. The molecule has 0 radical (unpaired) electrons. The lowest BCUT2D eigenvalue weighted by Crippen LogP contribution is -2.37. The smallest absolute Gasteiger partial charge is 0.0505 e. The van der Waals surface area contributed by atoms with Gasteiger partial charge in [-0.05, 0) is 45.8 Å². The minimum Gasteiger partial charge on any atom is -0.304 e. The molecule has 0 aliphatic rings. The molecule has 0 bridgehead atoms. The summed E-state index contributed by atoms with van der Waals surface area (Å²) in [7, 11) is 0. The van der Waals surface area contributed by atoms with Gasteiger partial charge in [-0.15, -0.1) is 0 Å². The zero-order valence-corrected chi connectivity index (χ0v) is 16.7. The molecule has 132 valence electrons. The Bertz CT molecular complexity index is 135. The van der Waals surface area contributed by atoms with E-state index in [2.05, 4.69) is 77.0 Å². The number of hydrogen-bond acceptors (Lipinski definition) is 3. The summed E-state index contributed by atoms with van der Waals surface area (Å²) in [6.45, 7) is 29.0. The van der Waals surface area contributed by atoms with E-state index in [1.807, 2.05) is 0 Å². The van der Waals surface area contributed by atoms with Crippen molar-refractivity contribution in [2.24, 2.45) is 0 Å². The molecule has 0 unspecified atom stereocenters. The molecule has 3 nitrogen and oxygen atoms in total. The van der Waals surface area contributed by atoms with Crippen molar-refractivity contribution in [1.82, 2.24) is 14.7 Å². The van der Waals surface area contributed by atoms with Crippen LogP contribution in [0.25, 0.3) is 0 Å². The average molecular weight is 304 g/mol. The number of hydrogen-bond donors (Lipinski definition) is 0. The van der Waals surface area contributed by atoms with E-state index in [4.69, 9.17) is 0 Å². The van der Waals surface area contributed by atoms with Gasteiger partial charge < -0.3 is 4.90 Å². The SMILES string of the molecule is CCC.CCN(CC)CC.CCN(CC)CN(CC)CC. The van der Waals surface area contributed by atoms with Crippen molar-refractivity contribution < 1.29 is 0 Å². The number of rotatable bonds is 9. The molecule has 0 aromatic heterocycles. The first kappa shape index (κ1) is 25.8. The van der Waals surface area contributed by atoms with Crippen LogP contribution in [-0.2, 0) is 0 Å². The Morgan fingerprint density at radius 1 is 0.381 bits per heavy atom. The van der Waals surface area contributed by atoms with Gasteiger partial charge in [0.05, 0.1) is 6.67 Å². The van der Waals surface area contributed by atoms with Gasteiger partial charge in [0.15, 0.2) is 0 Å². The maximum Gasteiger partial charge on any atom is 0.0505 e. The van der Waals surface area contributed by atoms with E-state index in [1.165, 1.54) is 26.1 Å². The van der Waals surface area contributed by atoms with Gasteiger partial charge in [-0.1, -0.05) is 68.7 Å². The maximum absolute atomic E-state index is 2.44. The van der Waals surface area contributed by atoms with Gasteiger partial charge in [0.2, 0.25) is 0 Å². The molecular formula is C18H45N3. The minimum absolute atomic E-state index is 1.12. The molecule has 0 fully saturated rings. The summed E-state index contributed by atoms with van der Waals surface area (Å²) < 4.78 is 0. The fourth-order valence-corrected chi connectivity index (χ4v) is 1.80. The third-order valence-electron chi connectivity index (χ3n) is 3.53. The van der Waals surface area contributed by atoms with E-state index in [1.54, 1.807) is 0 Å². The van der Waals surface area contributed by atoms with Crippen molar-refractivity contribution in [2.45, 2.75) is 68.7 Å². The highest BCUT2D eigenvalue weighted by Crippen LogP contribution is 1.92. The fraction of sp³-hybridized carbons (Fsp3) is 1.00. The van der Waals surface area contributed by atoms with Gasteiger partial charge in [0.25, 0.3) is 0 Å². The first-order chi connectivity index (χ1) is 10.0. The molecule has 0 aromatic rings. The molecule has 0 rings (SSSR count). The predicted molar refractivity (Wildman–Crippen MR) is 100 cm³/mol. The Hall–Kier alpha value is -0.120. The molecular weight excluding hydrogens is 258 g/mol. The highest BCUT2D eigenvalue weighted by Gasteiger charge is 2.03. The zero-order chi connectivity index (χ0) is 17.1. The summed E-state index contributed by atoms with van der Waals surface area (Å²) >= 11 is 0. The van der Waals surface area contributed by atoms with Crippen LogP contribution in [-0.4, -0.2) is 67.2 Å². The third-order valence-corrected chi connectivity index (χ3v) is 3.53. The molecule has 0 saturated heterocycles. The van der Waals surface area contributed by atoms with E-state index in [0.29, 0.717) is 0 Å². The van der Waals surface area contributed by atoms with Crippen LogP contribution in [0.5, 0.6) is 0 Å². The van der Waals surface area contributed by atoms with Gasteiger partial charge >= 0.3 is 0 Å². The van der Waals surface area contributed by atoms with Crippen molar-refractivity contribution in [3.05, 3.63) is 0 Å². The van der Waals surface area contributed by atoms with Crippen LogP contribution >= 0.6 is 0 Å². The van der Waals surface area contributed by atoms with Crippen LogP contribution in [0.4, 0.5) is 0 Å². The zero-order valence-electron chi connectivity index (χ0n) is 16.7. The Kier molecular flexibility index (Phi) is 27.2. The van der Waals surface area contributed by atoms with Crippen LogP contribution in [0.3, 0.4) is 0 Å². The van der Waals surface area contributed by atoms with Gasteiger partial charge in [-0.3, -0.25) is 9.80 Å². The van der Waals surface area contributed by atoms with Gasteiger partial charge in [0, 0.05) is 0 Å². The third kappa shape index (κ3) is 19.9. The second-order valence-corrected chi connectivity index (χ2v) is 5.07. The van der Waals surface area contributed by atoms with Gasteiger partial charge in [-0.2, -0.15) is 0 Å². The topological polar surface area (TPSA) is 9.72 Å². The highest BCUT2D eigenvalue weighted by molar-refractivity contribution is 4.53. The predicted octanol–water partition coefficient (Wildman–Crippen LogP) is 4.39. The second-order valence-electron chi connectivity index (χ2n) is 5.07. The standard InChI is InChI=1S/C9H22N2.C6H15N.C3H8/c1-5-10(6-2)9-11(7-3)8-4;1-4-7(5-2)6-3;1-3-2/h5-9H2,1-4H3;4-6H2,1-3H3;3H2,1-2H3. The fourth-order valence-electron chi connectivity index (χ4n) is 1.80. The normalized spacial score (nSPS) is 10.3. The first-order valence-electron chi connectivity index (χ1n) is 9.21. The second kappa shape index (κ2) is 22.2. The molecule has 0 amide bonds. The average Bonchev–Trinajstić information content (AvgIpc) is 2.52. The van der Waals surface area contributed by atoms with Crippen molar-refractivity contribution in [2.75, 3.05) is 52.5 Å². The first-order valence-corrected chi connectivity index (χ1v) is 9.21. The summed E-state index contributed by atoms with van der Waals surface area (Å²) in [5.74, 6) is 0. The lowest BCUT2D eigenvalue weighted by atomic mass is 10.5. The Balaban J connectivity index is -0.000000277. The van der Waals surface area contributed by atoms with Crippen LogP contribution in [0.2, 0.25) is 0 Å². The van der Waals surface area contributed by atoms with E-state index >= 15 is 0 Å². The van der Waals surface area contributed by atoms with Gasteiger partial charge in [0.1, 0.15) is 0 Å². The summed E-state index contributed by atoms with van der Waals surface area (Å²) in [6, 6.07) is 0. The van der Waals surface area contributed by atoms with Crippen molar-refractivity contribution in [1.29, 1.82) is 0 Å². The minimum atomic E-state index is 1.12. The molecule has 21 heavy (non-hydrogen) atoms. The molecule has 0 atom stereocenters. The van der Waals surface area contributed by atoms with Crippen molar-refractivity contribution in [3.8, 4) is 0 Å². The molecule has 0 spiro atoms. The van der Waals surface area contributed by atoms with Crippen LogP contribution < -0.4 is 0 Å². The Morgan fingerprint density at radius 3 is 0.667 bits per heavy atom. The summed E-state index contributed by atoms with van der Waals surface area (Å²) in [5.41, 5.74) is 0. The molecule has 0 aliphatic heterocycles. The molecule has 0 N–H and O–H groups in total.